The Labute approximate surface area is 131 Å². The average Bonchev–Trinajstić information content (AvgIpc) is 2.48. The molecule has 2 amide bonds. The topological polar surface area (TPSA) is 74.2 Å². The first-order valence-corrected chi connectivity index (χ1v) is 7.26. The Morgan fingerprint density at radius 1 is 1.19 bits per heavy atom. The molecular formula is C15H16BrN3O2. The molecule has 2 aromatic rings. The van der Waals surface area contributed by atoms with Gasteiger partial charge in [0.05, 0.1) is 12.1 Å². The second-order valence-electron chi connectivity index (χ2n) is 4.62. The van der Waals surface area contributed by atoms with Crippen LogP contribution in [0.15, 0.2) is 53.3 Å². The highest BCUT2D eigenvalue weighted by Gasteiger charge is 2.18. The van der Waals surface area contributed by atoms with Crippen LogP contribution < -0.4 is 10.6 Å². The molecule has 21 heavy (non-hydrogen) atoms. The molecule has 6 heteroatoms. The van der Waals surface area contributed by atoms with Crippen molar-refractivity contribution in [3.8, 4) is 0 Å². The summed E-state index contributed by atoms with van der Waals surface area (Å²) in [5.74, 6) is 0. The lowest BCUT2D eigenvalue weighted by atomic mass is 10.0. The Bertz CT molecular complexity index is 590. The maximum atomic E-state index is 11.9. The van der Waals surface area contributed by atoms with Crippen molar-refractivity contribution in [1.82, 2.24) is 10.3 Å². The summed E-state index contributed by atoms with van der Waals surface area (Å²) in [6, 6.07) is 9.91. The number of amides is 2. The minimum Gasteiger partial charge on any atom is -0.386 e. The number of aromatic nitrogens is 1. The molecular weight excluding hydrogens is 334 g/mol. The summed E-state index contributed by atoms with van der Waals surface area (Å²) >= 11 is 3.34. The fraction of sp³-hybridized carbons (Fsp3) is 0.200. The number of halogens is 1. The van der Waals surface area contributed by atoms with E-state index in [4.69, 9.17) is 0 Å². The number of urea groups is 1. The fourth-order valence-corrected chi connectivity index (χ4v) is 2.10. The van der Waals surface area contributed by atoms with Gasteiger partial charge in [-0.15, -0.1) is 0 Å². The quantitative estimate of drug-likeness (QED) is 0.793. The number of aliphatic hydroxyl groups is 1. The third-order valence-electron chi connectivity index (χ3n) is 2.98. The lowest BCUT2D eigenvalue weighted by molar-refractivity contribution is 0.139. The van der Waals surface area contributed by atoms with Crippen molar-refractivity contribution >= 4 is 27.6 Å². The number of benzene rings is 1. The maximum Gasteiger partial charge on any atom is 0.319 e. The molecule has 0 fully saturated rings. The summed E-state index contributed by atoms with van der Waals surface area (Å²) in [6.45, 7) is 1.75. The molecule has 1 aromatic heterocycles. The number of carbonyl (C=O) groups excluding carboxylic acids is 1. The zero-order chi connectivity index (χ0) is 15.2. The minimum absolute atomic E-state index is 0.370. The highest BCUT2D eigenvalue weighted by molar-refractivity contribution is 9.10. The molecule has 0 radical (unpaired) electrons. The molecule has 3 N–H and O–H groups in total. The summed E-state index contributed by atoms with van der Waals surface area (Å²) in [7, 11) is 0. The normalized spacial score (nSPS) is 13.3. The van der Waals surface area contributed by atoms with Crippen LogP contribution in [0.2, 0.25) is 0 Å². The standard InChI is InChI=1S/C15H16BrN3O2/c1-10(14(20)11-2-4-12(16)5-3-11)18-15(21)19-13-6-8-17-9-7-13/h2-10,14,20H,1H3,(H2,17,18,19,21). The number of rotatable bonds is 4. The molecule has 0 spiro atoms. The largest absolute Gasteiger partial charge is 0.386 e. The van der Waals surface area contributed by atoms with Crippen molar-refractivity contribution in [2.75, 3.05) is 5.32 Å². The van der Waals surface area contributed by atoms with Crippen LogP contribution in [-0.2, 0) is 0 Å². The Morgan fingerprint density at radius 2 is 1.81 bits per heavy atom. The van der Waals surface area contributed by atoms with Crippen molar-refractivity contribution in [2.45, 2.75) is 19.1 Å². The molecule has 2 atom stereocenters. The van der Waals surface area contributed by atoms with E-state index in [1.54, 1.807) is 31.5 Å². The van der Waals surface area contributed by atoms with Gasteiger partial charge < -0.3 is 15.7 Å². The van der Waals surface area contributed by atoms with Crippen molar-refractivity contribution in [2.24, 2.45) is 0 Å². The Kier molecular flexibility index (Phi) is 5.30. The molecule has 110 valence electrons. The molecule has 1 aromatic carbocycles. The first-order chi connectivity index (χ1) is 10.1. The second-order valence-corrected chi connectivity index (χ2v) is 5.54. The maximum absolute atomic E-state index is 11.9. The molecule has 0 saturated heterocycles. The molecule has 0 aliphatic heterocycles. The zero-order valence-corrected chi connectivity index (χ0v) is 13.0. The van der Waals surface area contributed by atoms with Gasteiger partial charge in [0.15, 0.2) is 0 Å². The molecule has 5 nitrogen and oxygen atoms in total. The van der Waals surface area contributed by atoms with Crippen LogP contribution in [0.4, 0.5) is 10.5 Å². The van der Waals surface area contributed by atoms with Gasteiger partial charge in [0.25, 0.3) is 0 Å². The van der Waals surface area contributed by atoms with Crippen LogP contribution in [0.3, 0.4) is 0 Å². The number of pyridine rings is 1. The van der Waals surface area contributed by atoms with Crippen LogP contribution in [0, 0.1) is 0 Å². The van der Waals surface area contributed by atoms with Gasteiger partial charge in [0.2, 0.25) is 0 Å². The predicted octanol–water partition coefficient (Wildman–Crippen LogP) is 3.09. The van der Waals surface area contributed by atoms with E-state index in [0.717, 1.165) is 10.0 Å². The number of carbonyl (C=O) groups is 1. The van der Waals surface area contributed by atoms with Crippen LogP contribution in [-0.4, -0.2) is 22.2 Å². The SMILES string of the molecule is CC(NC(=O)Nc1ccncc1)C(O)c1ccc(Br)cc1. The van der Waals surface area contributed by atoms with Gasteiger partial charge in [0, 0.05) is 22.6 Å². The van der Waals surface area contributed by atoms with Gasteiger partial charge in [0.1, 0.15) is 0 Å². The smallest absolute Gasteiger partial charge is 0.319 e. The molecule has 0 saturated carbocycles. The van der Waals surface area contributed by atoms with Gasteiger partial charge in [-0.1, -0.05) is 28.1 Å². The third-order valence-corrected chi connectivity index (χ3v) is 3.51. The van der Waals surface area contributed by atoms with Crippen LogP contribution in [0.5, 0.6) is 0 Å². The summed E-state index contributed by atoms with van der Waals surface area (Å²) < 4.78 is 0.939. The first kappa shape index (κ1) is 15.5. The van der Waals surface area contributed by atoms with E-state index >= 15 is 0 Å². The van der Waals surface area contributed by atoms with E-state index < -0.39 is 12.1 Å². The van der Waals surface area contributed by atoms with Gasteiger partial charge in [-0.05, 0) is 36.8 Å². The van der Waals surface area contributed by atoms with Crippen molar-refractivity contribution < 1.29 is 9.90 Å². The Hall–Kier alpha value is -1.92. The van der Waals surface area contributed by atoms with E-state index in [-0.39, 0.29) is 6.03 Å². The number of hydrogen-bond donors (Lipinski definition) is 3. The Balaban J connectivity index is 1.92. The van der Waals surface area contributed by atoms with Crippen LogP contribution in [0.25, 0.3) is 0 Å². The van der Waals surface area contributed by atoms with Gasteiger partial charge >= 0.3 is 6.03 Å². The minimum atomic E-state index is -0.777. The first-order valence-electron chi connectivity index (χ1n) is 6.47. The van der Waals surface area contributed by atoms with E-state index in [1.165, 1.54) is 0 Å². The molecule has 0 aliphatic carbocycles. The number of nitrogens with one attached hydrogen (secondary N) is 2. The predicted molar refractivity (Wildman–Crippen MR) is 85.0 cm³/mol. The highest BCUT2D eigenvalue weighted by atomic mass is 79.9. The van der Waals surface area contributed by atoms with Crippen LogP contribution >= 0.6 is 15.9 Å². The lowest BCUT2D eigenvalue weighted by Gasteiger charge is -2.21. The number of aliphatic hydroxyl groups excluding tert-OH is 1. The van der Waals surface area contributed by atoms with E-state index in [1.807, 2.05) is 24.3 Å². The Morgan fingerprint density at radius 3 is 2.43 bits per heavy atom. The summed E-state index contributed by atoms with van der Waals surface area (Å²) in [5, 5.41) is 15.6. The van der Waals surface area contributed by atoms with Gasteiger partial charge in [-0.25, -0.2) is 4.79 Å². The number of anilines is 1. The monoisotopic (exact) mass is 349 g/mol. The van der Waals surface area contributed by atoms with Gasteiger partial charge in [-0.3, -0.25) is 4.98 Å². The van der Waals surface area contributed by atoms with Crippen LogP contribution in [0.1, 0.15) is 18.6 Å². The number of hydrogen-bond acceptors (Lipinski definition) is 3. The number of nitrogens with zero attached hydrogens (tertiary/aromatic N) is 1. The van der Waals surface area contributed by atoms with E-state index in [0.29, 0.717) is 5.69 Å². The average molecular weight is 350 g/mol. The molecule has 0 aliphatic rings. The summed E-state index contributed by atoms with van der Waals surface area (Å²) in [6.07, 6.45) is 2.41. The fourth-order valence-electron chi connectivity index (χ4n) is 1.84. The van der Waals surface area contributed by atoms with E-state index in [9.17, 15) is 9.90 Å². The summed E-state index contributed by atoms with van der Waals surface area (Å²) in [4.78, 5) is 15.7. The lowest BCUT2D eigenvalue weighted by Crippen LogP contribution is -2.39. The second kappa shape index (κ2) is 7.19. The van der Waals surface area contributed by atoms with E-state index in [2.05, 4.69) is 31.5 Å². The van der Waals surface area contributed by atoms with Crippen molar-refractivity contribution in [3.63, 3.8) is 0 Å². The summed E-state index contributed by atoms with van der Waals surface area (Å²) in [5.41, 5.74) is 1.39. The molecule has 2 rings (SSSR count). The molecule has 0 bridgehead atoms. The molecule has 1 heterocycles. The molecule has 2 unspecified atom stereocenters. The van der Waals surface area contributed by atoms with Crippen molar-refractivity contribution in [1.29, 1.82) is 0 Å². The third kappa shape index (κ3) is 4.54. The highest BCUT2D eigenvalue weighted by Crippen LogP contribution is 2.19. The van der Waals surface area contributed by atoms with Gasteiger partial charge in [-0.2, -0.15) is 0 Å². The zero-order valence-electron chi connectivity index (χ0n) is 11.5. The van der Waals surface area contributed by atoms with Crippen molar-refractivity contribution in [3.05, 3.63) is 58.8 Å².